The number of nitrogens with zero attached hydrogens (tertiary/aromatic N) is 2. The van der Waals surface area contributed by atoms with E-state index in [0.29, 0.717) is 35.4 Å². The van der Waals surface area contributed by atoms with Gasteiger partial charge < -0.3 is 15.4 Å². The summed E-state index contributed by atoms with van der Waals surface area (Å²) in [5.74, 6) is 0.427. The first kappa shape index (κ1) is 19.2. The van der Waals surface area contributed by atoms with Crippen molar-refractivity contribution in [2.45, 2.75) is 31.7 Å². The zero-order valence-electron chi connectivity index (χ0n) is 15.0. The van der Waals surface area contributed by atoms with Crippen LogP contribution in [0.25, 0.3) is 11.0 Å². The number of H-pyrrole nitrogens is 1. The number of para-hydroxylation sites is 2. The minimum absolute atomic E-state index is 0.242. The number of rotatable bonds is 5. The van der Waals surface area contributed by atoms with Crippen LogP contribution in [0.1, 0.15) is 17.8 Å². The Morgan fingerprint density at radius 2 is 1.96 bits per heavy atom. The third-order valence-electron chi connectivity index (χ3n) is 5.03. The number of carbonyl (C=O) groups is 1. The average Bonchev–Trinajstić information content (AvgIpc) is 3.26. The molecular weight excluding hydrogens is 399 g/mol. The van der Waals surface area contributed by atoms with Gasteiger partial charge in [0, 0.05) is 28.7 Å². The van der Waals surface area contributed by atoms with E-state index in [1.54, 1.807) is 18.2 Å². The molecule has 0 saturated carbocycles. The molecule has 2 heterocycles. The van der Waals surface area contributed by atoms with E-state index >= 15 is 0 Å². The highest BCUT2D eigenvalue weighted by molar-refractivity contribution is 6.35. The largest absolute Gasteiger partial charge is 0.391 e. The Morgan fingerprint density at radius 3 is 2.71 bits per heavy atom. The van der Waals surface area contributed by atoms with Crippen LogP contribution in [0.2, 0.25) is 10.0 Å². The van der Waals surface area contributed by atoms with Crippen molar-refractivity contribution in [1.29, 1.82) is 0 Å². The second-order valence-electron chi connectivity index (χ2n) is 6.89. The monoisotopic (exact) mass is 418 g/mol. The van der Waals surface area contributed by atoms with Crippen molar-refractivity contribution in [1.82, 2.24) is 20.2 Å². The van der Waals surface area contributed by atoms with E-state index in [2.05, 4.69) is 15.3 Å². The SMILES string of the molecule is O=C(NCc1nc2ccccc2[nH]1)C1C(O)CCN1Cc1c(Cl)cccc1Cl. The van der Waals surface area contributed by atoms with Crippen LogP contribution in [0.4, 0.5) is 0 Å². The van der Waals surface area contributed by atoms with Crippen molar-refractivity contribution in [3.63, 3.8) is 0 Å². The molecule has 3 aromatic rings. The maximum Gasteiger partial charge on any atom is 0.240 e. The van der Waals surface area contributed by atoms with Gasteiger partial charge in [-0.2, -0.15) is 0 Å². The Bertz CT molecular complexity index is 954. The zero-order chi connectivity index (χ0) is 19.7. The quantitative estimate of drug-likeness (QED) is 0.594. The molecule has 0 bridgehead atoms. The first-order valence-corrected chi connectivity index (χ1v) is 9.85. The van der Waals surface area contributed by atoms with E-state index in [1.165, 1.54) is 0 Å². The van der Waals surface area contributed by atoms with Gasteiger partial charge in [-0.25, -0.2) is 4.98 Å². The van der Waals surface area contributed by atoms with Crippen molar-refractivity contribution >= 4 is 40.1 Å². The van der Waals surface area contributed by atoms with Gasteiger partial charge in [0.1, 0.15) is 11.9 Å². The fourth-order valence-electron chi connectivity index (χ4n) is 3.61. The standard InChI is InChI=1S/C20H20Cl2N4O2/c21-13-4-3-5-14(22)12(13)11-26-9-8-17(27)19(26)20(28)23-10-18-24-15-6-1-2-7-16(15)25-18/h1-7,17,19,27H,8-11H2,(H,23,28)(H,24,25). The second-order valence-corrected chi connectivity index (χ2v) is 7.70. The number of fused-ring (bicyclic) bond motifs is 1. The van der Waals surface area contributed by atoms with Gasteiger partial charge >= 0.3 is 0 Å². The molecule has 2 aromatic carbocycles. The molecule has 0 spiro atoms. The highest BCUT2D eigenvalue weighted by atomic mass is 35.5. The second kappa shape index (κ2) is 8.09. The number of halogens is 2. The number of amides is 1. The van der Waals surface area contributed by atoms with Gasteiger partial charge in [0.05, 0.1) is 23.7 Å². The minimum Gasteiger partial charge on any atom is -0.391 e. The van der Waals surface area contributed by atoms with Crippen molar-refractivity contribution < 1.29 is 9.90 Å². The van der Waals surface area contributed by atoms with Gasteiger partial charge in [-0.1, -0.05) is 41.4 Å². The maximum atomic E-state index is 12.8. The van der Waals surface area contributed by atoms with Gasteiger partial charge in [0.2, 0.25) is 5.91 Å². The Kier molecular flexibility index (Phi) is 5.55. The van der Waals surface area contributed by atoms with Crippen LogP contribution < -0.4 is 5.32 Å². The molecule has 146 valence electrons. The third kappa shape index (κ3) is 3.86. The molecule has 1 aromatic heterocycles. The summed E-state index contributed by atoms with van der Waals surface area (Å²) in [6.07, 6.45) is -0.220. The first-order chi connectivity index (χ1) is 13.5. The molecule has 0 aliphatic carbocycles. The molecular formula is C20H20Cl2N4O2. The Labute approximate surface area is 172 Å². The summed E-state index contributed by atoms with van der Waals surface area (Å²) in [7, 11) is 0. The minimum atomic E-state index is -0.739. The lowest BCUT2D eigenvalue weighted by molar-refractivity contribution is -0.128. The van der Waals surface area contributed by atoms with Crippen molar-refractivity contribution in [2.24, 2.45) is 0 Å². The van der Waals surface area contributed by atoms with E-state index in [-0.39, 0.29) is 12.5 Å². The van der Waals surface area contributed by atoms with Crippen molar-refractivity contribution in [3.8, 4) is 0 Å². The summed E-state index contributed by atoms with van der Waals surface area (Å²) in [6.45, 7) is 1.25. The molecule has 1 amide bonds. The Balaban J connectivity index is 1.45. The molecule has 8 heteroatoms. The first-order valence-electron chi connectivity index (χ1n) is 9.09. The number of benzene rings is 2. The van der Waals surface area contributed by atoms with Crippen LogP contribution in [-0.4, -0.2) is 44.6 Å². The van der Waals surface area contributed by atoms with Crippen LogP contribution in [0.15, 0.2) is 42.5 Å². The lowest BCUT2D eigenvalue weighted by Gasteiger charge is -2.26. The maximum absolute atomic E-state index is 12.8. The molecule has 1 aliphatic rings. The number of aliphatic hydroxyl groups excluding tert-OH is 1. The zero-order valence-corrected chi connectivity index (χ0v) is 16.5. The number of carbonyl (C=O) groups excluding carboxylic acids is 1. The third-order valence-corrected chi connectivity index (χ3v) is 5.74. The predicted molar refractivity (Wildman–Crippen MR) is 109 cm³/mol. The lowest BCUT2D eigenvalue weighted by atomic mass is 10.1. The van der Waals surface area contributed by atoms with E-state index < -0.39 is 12.1 Å². The molecule has 4 rings (SSSR count). The highest BCUT2D eigenvalue weighted by Crippen LogP contribution is 2.29. The van der Waals surface area contributed by atoms with E-state index in [1.807, 2.05) is 29.2 Å². The summed E-state index contributed by atoms with van der Waals surface area (Å²) in [4.78, 5) is 22.3. The average molecular weight is 419 g/mol. The molecule has 1 fully saturated rings. The fourth-order valence-corrected chi connectivity index (χ4v) is 4.12. The molecule has 2 unspecified atom stereocenters. The lowest BCUT2D eigenvalue weighted by Crippen LogP contribution is -2.47. The van der Waals surface area contributed by atoms with Gasteiger partial charge in [-0.15, -0.1) is 0 Å². The Morgan fingerprint density at radius 1 is 1.21 bits per heavy atom. The number of imidazole rings is 1. The number of aromatic amines is 1. The number of nitrogens with one attached hydrogen (secondary N) is 2. The number of aliphatic hydroxyl groups is 1. The highest BCUT2D eigenvalue weighted by Gasteiger charge is 2.38. The number of hydrogen-bond acceptors (Lipinski definition) is 4. The van der Waals surface area contributed by atoms with Crippen LogP contribution in [0.5, 0.6) is 0 Å². The van der Waals surface area contributed by atoms with Crippen LogP contribution in [-0.2, 0) is 17.9 Å². The van der Waals surface area contributed by atoms with Crippen molar-refractivity contribution in [2.75, 3.05) is 6.54 Å². The summed E-state index contributed by atoms with van der Waals surface area (Å²) >= 11 is 12.5. The van der Waals surface area contributed by atoms with Gasteiger partial charge in [0.15, 0.2) is 0 Å². The topological polar surface area (TPSA) is 81.2 Å². The van der Waals surface area contributed by atoms with Gasteiger partial charge in [-0.3, -0.25) is 9.69 Å². The Hall–Kier alpha value is -2.12. The molecule has 28 heavy (non-hydrogen) atoms. The van der Waals surface area contributed by atoms with Crippen LogP contribution in [0, 0.1) is 0 Å². The summed E-state index contributed by atoms with van der Waals surface area (Å²) < 4.78 is 0. The van der Waals surface area contributed by atoms with Crippen LogP contribution >= 0.6 is 23.2 Å². The van der Waals surface area contributed by atoms with Gasteiger partial charge in [-0.05, 0) is 30.7 Å². The van der Waals surface area contributed by atoms with E-state index in [4.69, 9.17) is 23.2 Å². The molecule has 1 aliphatic heterocycles. The van der Waals surface area contributed by atoms with Crippen molar-refractivity contribution in [3.05, 3.63) is 63.9 Å². The summed E-state index contributed by atoms with van der Waals surface area (Å²) in [5, 5.41) is 14.3. The molecule has 0 radical (unpaired) electrons. The summed E-state index contributed by atoms with van der Waals surface area (Å²) in [5.41, 5.74) is 2.53. The fraction of sp³-hybridized carbons (Fsp3) is 0.300. The molecule has 3 N–H and O–H groups in total. The number of likely N-dealkylation sites (tertiary alicyclic amines) is 1. The predicted octanol–water partition coefficient (Wildman–Crippen LogP) is 3.12. The van der Waals surface area contributed by atoms with Crippen LogP contribution in [0.3, 0.4) is 0 Å². The molecule has 2 atom stereocenters. The summed E-state index contributed by atoms with van der Waals surface area (Å²) in [6, 6.07) is 12.4. The number of hydrogen-bond donors (Lipinski definition) is 3. The smallest absolute Gasteiger partial charge is 0.240 e. The number of aromatic nitrogens is 2. The molecule has 6 nitrogen and oxygen atoms in total. The van der Waals surface area contributed by atoms with E-state index in [0.717, 1.165) is 16.6 Å². The normalized spacial score (nSPS) is 20.0. The van der Waals surface area contributed by atoms with Gasteiger partial charge in [0.25, 0.3) is 0 Å². The van der Waals surface area contributed by atoms with E-state index in [9.17, 15) is 9.90 Å². The molecule has 1 saturated heterocycles.